The number of carbonyl (C=O) groups is 3. The molecule has 0 radical (unpaired) electrons. The van der Waals surface area contributed by atoms with Crippen LogP contribution in [0.1, 0.15) is 29.2 Å². The van der Waals surface area contributed by atoms with Crippen molar-refractivity contribution < 1.29 is 24.2 Å². The summed E-state index contributed by atoms with van der Waals surface area (Å²) in [6, 6.07) is 16.5. The molecule has 2 aromatic carbocycles. The van der Waals surface area contributed by atoms with Crippen molar-refractivity contribution >= 4 is 18.0 Å². The molecule has 2 N–H and O–H groups in total. The Morgan fingerprint density at radius 1 is 1.03 bits per heavy atom. The average molecular weight is 460 g/mol. The van der Waals surface area contributed by atoms with Crippen molar-refractivity contribution in [2.24, 2.45) is 0 Å². The van der Waals surface area contributed by atoms with Gasteiger partial charge >= 0.3 is 12.1 Å². The van der Waals surface area contributed by atoms with Gasteiger partial charge in [-0.1, -0.05) is 48.5 Å². The lowest BCUT2D eigenvalue weighted by Crippen LogP contribution is -2.51. The Labute approximate surface area is 195 Å². The maximum atomic E-state index is 13.1. The van der Waals surface area contributed by atoms with E-state index in [0.717, 1.165) is 27.9 Å². The molecule has 3 aromatic rings. The minimum Gasteiger partial charge on any atom is -0.481 e. The number of aliphatic carboxylic acids is 1. The normalized spacial score (nSPS) is 15.1. The van der Waals surface area contributed by atoms with Gasteiger partial charge in [-0.3, -0.25) is 14.3 Å². The molecule has 1 aliphatic carbocycles. The number of aromatic nitrogens is 2. The lowest BCUT2D eigenvalue weighted by Gasteiger charge is -2.30. The van der Waals surface area contributed by atoms with Gasteiger partial charge in [0.05, 0.1) is 25.2 Å². The summed E-state index contributed by atoms with van der Waals surface area (Å²) < 4.78 is 7.31. The lowest BCUT2D eigenvalue weighted by atomic mass is 9.98. The van der Waals surface area contributed by atoms with E-state index in [1.165, 1.54) is 4.90 Å². The molecule has 9 heteroatoms. The predicted octanol–water partition coefficient (Wildman–Crippen LogP) is 2.61. The number of nitrogens with zero attached hydrogens (tertiary/aromatic N) is 3. The Hall–Kier alpha value is -4.14. The minimum absolute atomic E-state index is 0.0801. The molecule has 0 saturated heterocycles. The quantitative estimate of drug-likeness (QED) is 0.585. The van der Waals surface area contributed by atoms with Crippen LogP contribution in [0.5, 0.6) is 0 Å². The maximum absolute atomic E-state index is 13.1. The molecule has 0 bridgehead atoms. The monoisotopic (exact) mass is 460 g/mol. The number of amides is 2. The summed E-state index contributed by atoms with van der Waals surface area (Å²) in [7, 11) is 0. The fraction of sp³-hybridized carbons (Fsp3) is 0.280. The van der Waals surface area contributed by atoms with Crippen molar-refractivity contribution in [3.05, 3.63) is 77.6 Å². The number of nitrogens with one attached hydrogen (secondary N) is 1. The van der Waals surface area contributed by atoms with Crippen LogP contribution in [0.2, 0.25) is 0 Å². The summed E-state index contributed by atoms with van der Waals surface area (Å²) in [5.41, 5.74) is 5.21. The van der Waals surface area contributed by atoms with Gasteiger partial charge in [-0.2, -0.15) is 5.10 Å². The zero-order chi connectivity index (χ0) is 23.7. The molecule has 34 heavy (non-hydrogen) atoms. The molecule has 5 rings (SSSR count). The highest BCUT2D eigenvalue weighted by Gasteiger charge is 2.32. The standard InChI is InChI=1S/C25H24N4O5/c30-23(31)13-22(24(32)28-11-12-29-16(14-28)9-10-26-29)27-25(33)34-15-21-19-7-3-1-5-17(19)18-6-2-4-8-20(18)21/h1-10,21-22H,11-15H2,(H,27,33)(H,30,31). The second-order valence-corrected chi connectivity index (χ2v) is 8.43. The topological polar surface area (TPSA) is 114 Å². The number of alkyl carbamates (subject to hydrolysis) is 1. The minimum atomic E-state index is -1.22. The van der Waals surface area contributed by atoms with Crippen molar-refractivity contribution in [3.63, 3.8) is 0 Å². The molecule has 0 spiro atoms. The van der Waals surface area contributed by atoms with Gasteiger partial charge in [0.15, 0.2) is 0 Å². The zero-order valence-corrected chi connectivity index (χ0v) is 18.4. The van der Waals surface area contributed by atoms with E-state index in [1.54, 1.807) is 10.9 Å². The molecule has 0 saturated carbocycles. The molecule has 9 nitrogen and oxygen atoms in total. The third kappa shape index (κ3) is 4.12. The van der Waals surface area contributed by atoms with Crippen LogP contribution in [0.4, 0.5) is 4.79 Å². The highest BCUT2D eigenvalue weighted by atomic mass is 16.5. The molecule has 0 fully saturated rings. The van der Waals surface area contributed by atoms with Gasteiger partial charge in [0.1, 0.15) is 12.6 Å². The fourth-order valence-electron chi connectivity index (χ4n) is 4.75. The van der Waals surface area contributed by atoms with Crippen molar-refractivity contribution in [1.82, 2.24) is 20.0 Å². The molecular weight excluding hydrogens is 436 g/mol. The van der Waals surface area contributed by atoms with Crippen molar-refractivity contribution in [1.29, 1.82) is 0 Å². The number of benzene rings is 2. The largest absolute Gasteiger partial charge is 0.481 e. The Balaban J connectivity index is 1.26. The number of hydrogen-bond donors (Lipinski definition) is 2. The summed E-state index contributed by atoms with van der Waals surface area (Å²) in [6.45, 7) is 1.28. The summed E-state index contributed by atoms with van der Waals surface area (Å²) in [6.07, 6.45) is 0.315. The van der Waals surface area contributed by atoms with Crippen LogP contribution in [0.25, 0.3) is 11.1 Å². The second-order valence-electron chi connectivity index (χ2n) is 8.43. The van der Waals surface area contributed by atoms with Crippen LogP contribution in [-0.2, 0) is 27.4 Å². The first-order valence-electron chi connectivity index (χ1n) is 11.1. The van der Waals surface area contributed by atoms with Crippen LogP contribution in [0, 0.1) is 0 Å². The molecule has 2 aliphatic rings. The van der Waals surface area contributed by atoms with Crippen LogP contribution < -0.4 is 5.32 Å². The maximum Gasteiger partial charge on any atom is 0.407 e. The number of fused-ring (bicyclic) bond motifs is 4. The lowest BCUT2D eigenvalue weighted by molar-refractivity contribution is -0.143. The summed E-state index contributed by atoms with van der Waals surface area (Å²) in [5.74, 6) is -1.77. The number of rotatable bonds is 6. The molecule has 174 valence electrons. The SMILES string of the molecule is O=C(O)CC(NC(=O)OCC1c2ccccc2-c2ccccc21)C(=O)N1CCn2nccc2C1. The number of carboxylic acids is 1. The Bertz CT molecular complexity index is 1210. The van der Waals surface area contributed by atoms with E-state index in [9.17, 15) is 19.5 Å². The molecule has 2 amide bonds. The highest BCUT2D eigenvalue weighted by Crippen LogP contribution is 2.44. The number of ether oxygens (including phenoxy) is 1. The van der Waals surface area contributed by atoms with Gasteiger partial charge in [-0.25, -0.2) is 4.79 Å². The first kappa shape index (κ1) is 21.7. The third-order valence-corrected chi connectivity index (χ3v) is 6.36. The van der Waals surface area contributed by atoms with Crippen molar-refractivity contribution in [3.8, 4) is 11.1 Å². The fourth-order valence-corrected chi connectivity index (χ4v) is 4.75. The van der Waals surface area contributed by atoms with Crippen LogP contribution >= 0.6 is 0 Å². The van der Waals surface area contributed by atoms with Crippen LogP contribution in [-0.4, -0.2) is 57.0 Å². The Morgan fingerprint density at radius 2 is 1.71 bits per heavy atom. The first-order valence-corrected chi connectivity index (χ1v) is 11.1. The molecular formula is C25H24N4O5. The van der Waals surface area contributed by atoms with Gasteiger partial charge in [-0.05, 0) is 28.3 Å². The molecule has 1 aromatic heterocycles. The van der Waals surface area contributed by atoms with Gasteiger partial charge in [0.25, 0.3) is 0 Å². The summed E-state index contributed by atoms with van der Waals surface area (Å²) in [4.78, 5) is 38.6. The first-order chi connectivity index (χ1) is 16.5. The van der Waals surface area contributed by atoms with Gasteiger partial charge in [0, 0.05) is 18.7 Å². The van der Waals surface area contributed by atoms with Crippen molar-refractivity contribution in [2.45, 2.75) is 31.5 Å². The smallest absolute Gasteiger partial charge is 0.407 e. The van der Waals surface area contributed by atoms with E-state index in [4.69, 9.17) is 4.74 Å². The second kappa shape index (κ2) is 9.01. The van der Waals surface area contributed by atoms with E-state index in [2.05, 4.69) is 10.4 Å². The van der Waals surface area contributed by atoms with E-state index in [0.29, 0.717) is 19.6 Å². The van der Waals surface area contributed by atoms with Crippen LogP contribution in [0.15, 0.2) is 60.8 Å². The Morgan fingerprint density at radius 3 is 2.38 bits per heavy atom. The molecule has 1 atom stereocenters. The van der Waals surface area contributed by atoms with Gasteiger partial charge in [-0.15, -0.1) is 0 Å². The average Bonchev–Trinajstić information content (AvgIpc) is 3.43. The predicted molar refractivity (Wildman–Crippen MR) is 122 cm³/mol. The number of carbonyl (C=O) groups excluding carboxylic acids is 2. The van der Waals surface area contributed by atoms with Gasteiger partial charge < -0.3 is 20.1 Å². The van der Waals surface area contributed by atoms with Gasteiger partial charge in [0.2, 0.25) is 5.91 Å². The van der Waals surface area contributed by atoms with E-state index < -0.39 is 30.4 Å². The summed E-state index contributed by atoms with van der Waals surface area (Å²) in [5, 5.41) is 16.0. The highest BCUT2D eigenvalue weighted by molar-refractivity contribution is 5.89. The molecule has 1 aliphatic heterocycles. The number of carboxylic acid groups (broad SMARTS) is 1. The van der Waals surface area contributed by atoms with E-state index in [-0.39, 0.29) is 12.5 Å². The van der Waals surface area contributed by atoms with E-state index >= 15 is 0 Å². The zero-order valence-electron chi connectivity index (χ0n) is 18.4. The van der Waals surface area contributed by atoms with E-state index in [1.807, 2.05) is 54.6 Å². The van der Waals surface area contributed by atoms with Crippen molar-refractivity contribution in [2.75, 3.05) is 13.2 Å². The van der Waals surface area contributed by atoms with Crippen LogP contribution in [0.3, 0.4) is 0 Å². The summed E-state index contributed by atoms with van der Waals surface area (Å²) >= 11 is 0. The molecule has 2 heterocycles. The number of hydrogen-bond acceptors (Lipinski definition) is 5. The molecule has 1 unspecified atom stereocenters. The Kier molecular flexibility index (Phi) is 5.75. The third-order valence-electron chi connectivity index (χ3n) is 6.36.